The zero-order valence-electron chi connectivity index (χ0n) is 8.47. The lowest BCUT2D eigenvalue weighted by atomic mass is 10.2. The first-order valence-electron chi connectivity index (χ1n) is 4.79. The van der Waals surface area contributed by atoms with Gasteiger partial charge in [0.1, 0.15) is 6.33 Å². The van der Waals surface area contributed by atoms with Crippen molar-refractivity contribution in [1.29, 1.82) is 0 Å². The average Bonchev–Trinajstić information content (AvgIpc) is 2.82. The quantitative estimate of drug-likeness (QED) is 0.645. The Bertz CT molecular complexity index is 522. The summed E-state index contributed by atoms with van der Waals surface area (Å²) in [5.41, 5.74) is 1.09. The normalized spacial score (nSPS) is 9.56. The third-order valence-corrected chi connectivity index (χ3v) is 2.35. The van der Waals surface area contributed by atoms with Crippen molar-refractivity contribution in [3.63, 3.8) is 0 Å². The van der Waals surface area contributed by atoms with Gasteiger partial charge in [-0.25, -0.2) is 9.97 Å². The summed E-state index contributed by atoms with van der Waals surface area (Å²) in [6, 6.07) is 9.57. The van der Waals surface area contributed by atoms with E-state index in [2.05, 4.69) is 15.0 Å². The molecule has 16 heavy (non-hydrogen) atoms. The first kappa shape index (κ1) is 10.6. The SMILES string of the molecule is Clc1cccc2[nH]ccc12.c1cncnc1. The van der Waals surface area contributed by atoms with Crippen LogP contribution in [0.5, 0.6) is 0 Å². The van der Waals surface area contributed by atoms with E-state index in [0.29, 0.717) is 0 Å². The zero-order valence-corrected chi connectivity index (χ0v) is 9.22. The number of fused-ring (bicyclic) bond motifs is 1. The molecular formula is C12H10ClN3. The average molecular weight is 232 g/mol. The van der Waals surface area contributed by atoms with Gasteiger partial charge in [0.05, 0.1) is 0 Å². The molecule has 0 atom stereocenters. The molecule has 0 aliphatic carbocycles. The van der Waals surface area contributed by atoms with Gasteiger partial charge in [0.15, 0.2) is 0 Å². The number of rotatable bonds is 0. The first-order chi connectivity index (χ1) is 7.88. The standard InChI is InChI=1S/C8H6ClN.C4H4N2/c9-7-2-1-3-8-6(7)4-5-10-8;1-2-5-4-6-3-1/h1-5,10H;1-4H. The molecular weight excluding hydrogens is 222 g/mol. The smallest absolute Gasteiger partial charge is 0.115 e. The number of nitrogens with zero attached hydrogens (tertiary/aromatic N) is 2. The second-order valence-corrected chi connectivity index (χ2v) is 3.49. The fourth-order valence-electron chi connectivity index (χ4n) is 1.30. The minimum atomic E-state index is 0.804. The van der Waals surface area contributed by atoms with E-state index in [1.807, 2.05) is 30.5 Å². The van der Waals surface area contributed by atoms with Gasteiger partial charge >= 0.3 is 0 Å². The second-order valence-electron chi connectivity index (χ2n) is 3.08. The molecule has 4 heteroatoms. The Morgan fingerprint density at radius 2 is 1.81 bits per heavy atom. The van der Waals surface area contributed by atoms with Crippen LogP contribution in [0.4, 0.5) is 0 Å². The number of halogens is 1. The summed E-state index contributed by atoms with van der Waals surface area (Å²) in [6.07, 6.45) is 6.76. The first-order valence-corrected chi connectivity index (χ1v) is 5.17. The zero-order chi connectivity index (χ0) is 11.2. The van der Waals surface area contributed by atoms with Crippen LogP contribution < -0.4 is 0 Å². The summed E-state index contributed by atoms with van der Waals surface area (Å²) in [7, 11) is 0. The van der Waals surface area contributed by atoms with E-state index in [0.717, 1.165) is 15.9 Å². The molecule has 0 amide bonds. The van der Waals surface area contributed by atoms with Crippen LogP contribution in [-0.2, 0) is 0 Å². The topological polar surface area (TPSA) is 41.6 Å². The van der Waals surface area contributed by atoms with Gasteiger partial charge < -0.3 is 4.98 Å². The van der Waals surface area contributed by atoms with Crippen molar-refractivity contribution in [2.75, 3.05) is 0 Å². The Morgan fingerprint density at radius 3 is 2.38 bits per heavy atom. The van der Waals surface area contributed by atoms with E-state index < -0.39 is 0 Å². The molecule has 0 saturated heterocycles. The van der Waals surface area contributed by atoms with Crippen LogP contribution in [0.3, 0.4) is 0 Å². The largest absolute Gasteiger partial charge is 0.361 e. The third-order valence-electron chi connectivity index (χ3n) is 2.02. The van der Waals surface area contributed by atoms with Gasteiger partial charge in [-0.15, -0.1) is 0 Å². The number of H-pyrrole nitrogens is 1. The van der Waals surface area contributed by atoms with Crippen LogP contribution in [0.1, 0.15) is 0 Å². The lowest BCUT2D eigenvalue weighted by molar-refractivity contribution is 1.17. The molecule has 3 aromatic rings. The van der Waals surface area contributed by atoms with Crippen LogP contribution in [-0.4, -0.2) is 15.0 Å². The van der Waals surface area contributed by atoms with Crippen molar-refractivity contribution in [3.05, 3.63) is 60.3 Å². The highest BCUT2D eigenvalue weighted by Gasteiger charge is 1.95. The molecule has 1 N–H and O–H groups in total. The van der Waals surface area contributed by atoms with E-state index in [-0.39, 0.29) is 0 Å². The highest BCUT2D eigenvalue weighted by atomic mass is 35.5. The Labute approximate surface area is 98.1 Å². The van der Waals surface area contributed by atoms with Gasteiger partial charge in [0.2, 0.25) is 0 Å². The Kier molecular flexibility index (Phi) is 3.51. The van der Waals surface area contributed by atoms with Crippen LogP contribution in [0.2, 0.25) is 5.02 Å². The van der Waals surface area contributed by atoms with Gasteiger partial charge in [-0.1, -0.05) is 17.7 Å². The van der Waals surface area contributed by atoms with Crippen molar-refractivity contribution < 1.29 is 0 Å². The molecule has 0 spiro atoms. The highest BCUT2D eigenvalue weighted by Crippen LogP contribution is 2.21. The summed E-state index contributed by atoms with van der Waals surface area (Å²) in [5, 5.41) is 1.89. The Morgan fingerprint density at radius 1 is 1.00 bits per heavy atom. The van der Waals surface area contributed by atoms with Gasteiger partial charge in [0, 0.05) is 34.5 Å². The summed E-state index contributed by atoms with van der Waals surface area (Å²) in [5.74, 6) is 0. The van der Waals surface area contributed by atoms with E-state index in [9.17, 15) is 0 Å². The molecule has 2 aromatic heterocycles. The van der Waals surface area contributed by atoms with E-state index in [1.54, 1.807) is 18.5 Å². The minimum absolute atomic E-state index is 0.804. The van der Waals surface area contributed by atoms with Gasteiger partial charge in [-0.3, -0.25) is 0 Å². The van der Waals surface area contributed by atoms with Crippen molar-refractivity contribution in [3.8, 4) is 0 Å². The molecule has 3 nitrogen and oxygen atoms in total. The number of benzene rings is 1. The van der Waals surface area contributed by atoms with E-state index in [1.165, 1.54) is 6.33 Å². The maximum Gasteiger partial charge on any atom is 0.115 e. The van der Waals surface area contributed by atoms with Crippen LogP contribution in [0.25, 0.3) is 10.9 Å². The molecule has 1 aromatic carbocycles. The predicted octanol–water partition coefficient (Wildman–Crippen LogP) is 3.30. The minimum Gasteiger partial charge on any atom is -0.361 e. The second kappa shape index (κ2) is 5.28. The number of hydrogen-bond donors (Lipinski definition) is 1. The summed E-state index contributed by atoms with van der Waals surface area (Å²) in [6.45, 7) is 0. The van der Waals surface area contributed by atoms with Crippen LogP contribution in [0, 0.1) is 0 Å². The maximum absolute atomic E-state index is 5.88. The monoisotopic (exact) mass is 231 g/mol. The lowest BCUT2D eigenvalue weighted by Gasteiger charge is -1.89. The van der Waals surface area contributed by atoms with Crippen molar-refractivity contribution in [1.82, 2.24) is 15.0 Å². The van der Waals surface area contributed by atoms with Gasteiger partial charge in [-0.05, 0) is 24.3 Å². The number of aromatic nitrogens is 3. The fraction of sp³-hybridized carbons (Fsp3) is 0. The van der Waals surface area contributed by atoms with Crippen molar-refractivity contribution in [2.24, 2.45) is 0 Å². The van der Waals surface area contributed by atoms with Crippen molar-refractivity contribution in [2.45, 2.75) is 0 Å². The molecule has 3 rings (SSSR count). The lowest BCUT2D eigenvalue weighted by Crippen LogP contribution is -1.66. The summed E-state index contributed by atoms with van der Waals surface area (Å²) >= 11 is 5.88. The number of hydrogen-bond acceptors (Lipinski definition) is 2. The Hall–Kier alpha value is -1.87. The van der Waals surface area contributed by atoms with Gasteiger partial charge in [-0.2, -0.15) is 0 Å². The molecule has 0 radical (unpaired) electrons. The molecule has 0 fully saturated rings. The molecule has 0 unspecified atom stereocenters. The summed E-state index contributed by atoms with van der Waals surface area (Å²) in [4.78, 5) is 10.4. The third kappa shape index (κ3) is 2.58. The highest BCUT2D eigenvalue weighted by molar-refractivity contribution is 6.35. The molecule has 0 bridgehead atoms. The molecule has 0 saturated carbocycles. The number of aromatic amines is 1. The molecule has 0 aliphatic rings. The Balaban J connectivity index is 0.000000138. The van der Waals surface area contributed by atoms with Crippen LogP contribution in [0.15, 0.2) is 55.2 Å². The van der Waals surface area contributed by atoms with Crippen molar-refractivity contribution >= 4 is 22.5 Å². The number of nitrogens with one attached hydrogen (secondary N) is 1. The maximum atomic E-state index is 5.88. The fourth-order valence-corrected chi connectivity index (χ4v) is 1.54. The van der Waals surface area contributed by atoms with E-state index in [4.69, 9.17) is 11.6 Å². The van der Waals surface area contributed by atoms with Gasteiger partial charge in [0.25, 0.3) is 0 Å². The predicted molar refractivity (Wildman–Crippen MR) is 65.3 cm³/mol. The molecule has 0 aliphatic heterocycles. The molecule has 2 heterocycles. The van der Waals surface area contributed by atoms with E-state index >= 15 is 0 Å². The van der Waals surface area contributed by atoms with Crippen LogP contribution >= 0.6 is 11.6 Å². The summed E-state index contributed by atoms with van der Waals surface area (Å²) < 4.78 is 0. The molecule has 80 valence electrons.